The first-order chi connectivity index (χ1) is 14.2. The topological polar surface area (TPSA) is 128 Å². The van der Waals surface area contributed by atoms with Gasteiger partial charge in [0.2, 0.25) is 0 Å². The highest BCUT2D eigenvalue weighted by Gasteiger charge is 2.51. The third-order valence-corrected chi connectivity index (χ3v) is 7.52. The van der Waals surface area contributed by atoms with Crippen LogP contribution in [-0.4, -0.2) is 43.5 Å². The predicted octanol–water partition coefficient (Wildman–Crippen LogP) is 1.48. The SMILES string of the molecule is Cc1cc(F)ccc1COc1ccc(S(=O)(=O)C2CCOCC2(N)C(=O)NO)cc1. The van der Waals surface area contributed by atoms with Crippen LogP contribution in [-0.2, 0) is 26.0 Å². The number of hydroxylamine groups is 1. The summed E-state index contributed by atoms with van der Waals surface area (Å²) in [6.45, 7) is 1.76. The number of nitrogens with two attached hydrogens (primary N) is 1. The van der Waals surface area contributed by atoms with Crippen LogP contribution in [0, 0.1) is 12.7 Å². The van der Waals surface area contributed by atoms with E-state index in [1.165, 1.54) is 41.9 Å². The van der Waals surface area contributed by atoms with Crippen molar-refractivity contribution < 1.29 is 32.3 Å². The smallest absolute Gasteiger partial charge is 0.267 e. The van der Waals surface area contributed by atoms with E-state index < -0.39 is 26.5 Å². The van der Waals surface area contributed by atoms with Crippen molar-refractivity contribution in [1.29, 1.82) is 0 Å². The molecule has 2 atom stereocenters. The maximum Gasteiger partial charge on any atom is 0.267 e. The standard InChI is InChI=1S/C20H23FN2O6S/c1-13-10-15(21)3-2-14(13)11-29-16-4-6-17(7-5-16)30(26,27)18-8-9-28-12-20(18,22)19(24)23-25/h2-7,10,18,25H,8-9,11-12,22H2,1H3,(H,23,24). The minimum Gasteiger partial charge on any atom is -0.489 e. The number of carbonyl (C=O) groups is 1. The molecular formula is C20H23FN2O6S. The number of hydrogen-bond donors (Lipinski definition) is 3. The van der Waals surface area contributed by atoms with Gasteiger partial charge >= 0.3 is 0 Å². The fraction of sp³-hybridized carbons (Fsp3) is 0.350. The van der Waals surface area contributed by atoms with Gasteiger partial charge in [0.15, 0.2) is 9.84 Å². The van der Waals surface area contributed by atoms with Crippen LogP contribution in [0.4, 0.5) is 4.39 Å². The molecule has 0 radical (unpaired) electrons. The molecule has 2 unspecified atom stereocenters. The van der Waals surface area contributed by atoms with Gasteiger partial charge in [-0.05, 0) is 60.9 Å². The molecule has 1 aliphatic rings. The maximum absolute atomic E-state index is 13.2. The van der Waals surface area contributed by atoms with Crippen molar-refractivity contribution in [3.8, 4) is 5.75 Å². The lowest BCUT2D eigenvalue weighted by Gasteiger charge is -2.38. The van der Waals surface area contributed by atoms with Gasteiger partial charge in [-0.3, -0.25) is 10.0 Å². The summed E-state index contributed by atoms with van der Waals surface area (Å²) in [5.74, 6) is -0.924. The molecule has 0 spiro atoms. The van der Waals surface area contributed by atoms with E-state index in [4.69, 9.17) is 20.4 Å². The van der Waals surface area contributed by atoms with Crippen molar-refractivity contribution >= 4 is 15.7 Å². The molecule has 1 saturated heterocycles. The molecule has 1 fully saturated rings. The molecule has 2 aromatic rings. The molecule has 162 valence electrons. The molecule has 30 heavy (non-hydrogen) atoms. The van der Waals surface area contributed by atoms with Crippen molar-refractivity contribution in [2.24, 2.45) is 5.73 Å². The molecule has 1 aliphatic heterocycles. The monoisotopic (exact) mass is 438 g/mol. The summed E-state index contributed by atoms with van der Waals surface area (Å²) in [4.78, 5) is 12.0. The number of hydrogen-bond acceptors (Lipinski definition) is 7. The minimum atomic E-state index is -3.99. The fourth-order valence-corrected chi connectivity index (χ4v) is 5.38. The van der Waals surface area contributed by atoms with Gasteiger partial charge in [-0.25, -0.2) is 18.3 Å². The second-order valence-corrected chi connectivity index (χ2v) is 9.32. The average Bonchev–Trinajstić information content (AvgIpc) is 2.73. The van der Waals surface area contributed by atoms with Crippen LogP contribution < -0.4 is 16.0 Å². The second kappa shape index (κ2) is 8.68. The van der Waals surface area contributed by atoms with Gasteiger partial charge in [0.25, 0.3) is 5.91 Å². The summed E-state index contributed by atoms with van der Waals surface area (Å²) < 4.78 is 50.3. The summed E-state index contributed by atoms with van der Waals surface area (Å²) in [6, 6.07) is 10.1. The third-order valence-electron chi connectivity index (χ3n) is 5.19. The Kier molecular flexibility index (Phi) is 6.41. The van der Waals surface area contributed by atoms with Gasteiger partial charge in [-0.1, -0.05) is 6.07 Å². The number of rotatable bonds is 6. The molecule has 10 heteroatoms. The molecule has 1 heterocycles. The van der Waals surface area contributed by atoms with Crippen molar-refractivity contribution in [2.45, 2.75) is 35.6 Å². The van der Waals surface area contributed by atoms with E-state index in [-0.39, 0.29) is 37.0 Å². The number of ether oxygens (including phenoxy) is 2. The number of aryl methyl sites for hydroxylation is 1. The number of halogens is 1. The first-order valence-electron chi connectivity index (χ1n) is 9.21. The van der Waals surface area contributed by atoms with Crippen molar-refractivity contribution in [1.82, 2.24) is 5.48 Å². The summed E-state index contributed by atoms with van der Waals surface area (Å²) in [5, 5.41) is 7.70. The first-order valence-corrected chi connectivity index (χ1v) is 10.8. The molecule has 8 nitrogen and oxygen atoms in total. The summed E-state index contributed by atoms with van der Waals surface area (Å²) in [6.07, 6.45) is 0.00828. The lowest BCUT2D eigenvalue weighted by molar-refractivity contribution is -0.139. The second-order valence-electron chi connectivity index (χ2n) is 7.19. The molecule has 0 bridgehead atoms. The molecule has 2 aromatic carbocycles. The van der Waals surface area contributed by atoms with Gasteiger partial charge in [0, 0.05) is 6.61 Å². The van der Waals surface area contributed by atoms with Crippen LogP contribution in [0.2, 0.25) is 0 Å². The summed E-state index contributed by atoms with van der Waals surface area (Å²) >= 11 is 0. The van der Waals surface area contributed by atoms with Gasteiger partial charge in [0.1, 0.15) is 23.7 Å². The molecule has 0 aromatic heterocycles. The third kappa shape index (κ3) is 4.31. The Morgan fingerprint density at radius 2 is 2.03 bits per heavy atom. The molecule has 0 saturated carbocycles. The van der Waals surface area contributed by atoms with Crippen LogP contribution in [0.5, 0.6) is 5.75 Å². The van der Waals surface area contributed by atoms with Crippen LogP contribution in [0.3, 0.4) is 0 Å². The van der Waals surface area contributed by atoms with Crippen LogP contribution >= 0.6 is 0 Å². The quantitative estimate of drug-likeness (QED) is 0.460. The van der Waals surface area contributed by atoms with Crippen molar-refractivity contribution in [3.05, 3.63) is 59.4 Å². The van der Waals surface area contributed by atoms with E-state index in [0.717, 1.165) is 11.1 Å². The summed E-state index contributed by atoms with van der Waals surface area (Å²) in [7, 11) is -3.99. The molecule has 1 amide bonds. The molecule has 3 rings (SSSR count). The zero-order valence-corrected chi connectivity index (χ0v) is 17.1. The Hall–Kier alpha value is -2.53. The average molecular weight is 438 g/mol. The number of amides is 1. The summed E-state index contributed by atoms with van der Waals surface area (Å²) in [5.41, 5.74) is 7.08. The van der Waals surface area contributed by atoms with Crippen molar-refractivity contribution in [2.75, 3.05) is 13.2 Å². The number of nitrogens with one attached hydrogen (secondary N) is 1. The van der Waals surface area contributed by atoms with E-state index in [0.29, 0.717) is 5.75 Å². The van der Waals surface area contributed by atoms with Crippen LogP contribution in [0.1, 0.15) is 17.5 Å². The lowest BCUT2D eigenvalue weighted by Crippen LogP contribution is -2.67. The highest BCUT2D eigenvalue weighted by molar-refractivity contribution is 7.92. The van der Waals surface area contributed by atoms with Gasteiger partial charge in [-0.2, -0.15) is 0 Å². The van der Waals surface area contributed by atoms with E-state index in [9.17, 15) is 17.6 Å². The Morgan fingerprint density at radius 1 is 1.33 bits per heavy atom. The Bertz CT molecular complexity index is 1030. The van der Waals surface area contributed by atoms with Gasteiger partial charge in [-0.15, -0.1) is 0 Å². The van der Waals surface area contributed by atoms with E-state index in [2.05, 4.69) is 0 Å². The highest BCUT2D eigenvalue weighted by atomic mass is 32.2. The normalized spacial score (nSPS) is 21.8. The lowest BCUT2D eigenvalue weighted by atomic mass is 9.92. The van der Waals surface area contributed by atoms with Gasteiger partial charge in [0.05, 0.1) is 16.8 Å². The predicted molar refractivity (Wildman–Crippen MR) is 105 cm³/mol. The molecule has 0 aliphatic carbocycles. The zero-order valence-electron chi connectivity index (χ0n) is 16.3. The van der Waals surface area contributed by atoms with Crippen LogP contribution in [0.25, 0.3) is 0 Å². The largest absolute Gasteiger partial charge is 0.489 e. The molecular weight excluding hydrogens is 415 g/mol. The van der Waals surface area contributed by atoms with E-state index >= 15 is 0 Å². The maximum atomic E-state index is 13.2. The number of carbonyl (C=O) groups excluding carboxylic acids is 1. The van der Waals surface area contributed by atoms with Crippen LogP contribution in [0.15, 0.2) is 47.4 Å². The van der Waals surface area contributed by atoms with E-state index in [1.54, 1.807) is 13.0 Å². The zero-order chi connectivity index (χ0) is 21.9. The van der Waals surface area contributed by atoms with Gasteiger partial charge < -0.3 is 15.2 Å². The fourth-order valence-electron chi connectivity index (χ4n) is 3.40. The highest BCUT2D eigenvalue weighted by Crippen LogP contribution is 2.30. The Morgan fingerprint density at radius 3 is 2.67 bits per heavy atom. The number of benzene rings is 2. The number of sulfone groups is 1. The Balaban J connectivity index is 1.78. The van der Waals surface area contributed by atoms with E-state index in [1.807, 2.05) is 0 Å². The molecule has 4 N–H and O–H groups in total. The minimum absolute atomic E-state index is 0.00828. The first kappa shape index (κ1) is 22.2. The van der Waals surface area contributed by atoms with Crippen molar-refractivity contribution in [3.63, 3.8) is 0 Å². The Labute approximate surface area is 173 Å².